The van der Waals surface area contributed by atoms with Crippen LogP contribution in [-0.4, -0.2) is 21.9 Å². The van der Waals surface area contributed by atoms with Gasteiger partial charge in [-0.15, -0.1) is 11.6 Å². The molecule has 0 aliphatic carbocycles. The predicted molar refractivity (Wildman–Crippen MR) is 59.8 cm³/mol. The largest absolute Gasteiger partial charge is 0.478 e. The van der Waals surface area contributed by atoms with Gasteiger partial charge in [-0.25, -0.2) is 4.79 Å². The molecule has 1 aromatic rings. The number of aromatic carboxylic acids is 1. The molecule has 0 spiro atoms. The number of benzene rings is 1. The van der Waals surface area contributed by atoms with Crippen LogP contribution < -0.4 is 0 Å². The van der Waals surface area contributed by atoms with Crippen molar-refractivity contribution in [3.8, 4) is 0 Å². The third-order valence-electron chi connectivity index (χ3n) is 1.88. The van der Waals surface area contributed by atoms with Crippen LogP contribution in [0.2, 0.25) is 0 Å². The lowest BCUT2D eigenvalue weighted by molar-refractivity contribution is -0.385. The molecule has 1 rings (SSSR count). The minimum absolute atomic E-state index is 0.0562. The molecule has 0 aliphatic rings. The number of allylic oxidation sites excluding steroid dienone is 1. The first-order valence-electron chi connectivity index (χ1n) is 4.31. The van der Waals surface area contributed by atoms with E-state index in [1.165, 1.54) is 30.4 Å². The van der Waals surface area contributed by atoms with E-state index in [9.17, 15) is 14.9 Å². The van der Waals surface area contributed by atoms with Crippen LogP contribution in [0.5, 0.6) is 0 Å². The average Bonchev–Trinajstić information content (AvgIpc) is 2.25. The van der Waals surface area contributed by atoms with Gasteiger partial charge >= 0.3 is 5.97 Å². The summed E-state index contributed by atoms with van der Waals surface area (Å²) in [6, 6.07) is 3.89. The van der Waals surface area contributed by atoms with Crippen LogP contribution in [0.1, 0.15) is 15.9 Å². The lowest BCUT2D eigenvalue weighted by atomic mass is 10.1. The summed E-state index contributed by atoms with van der Waals surface area (Å²) >= 11 is 5.41. The number of carbonyl (C=O) groups is 1. The van der Waals surface area contributed by atoms with Crippen molar-refractivity contribution < 1.29 is 14.8 Å². The van der Waals surface area contributed by atoms with Gasteiger partial charge in [0.15, 0.2) is 0 Å². The van der Waals surface area contributed by atoms with E-state index in [2.05, 4.69) is 0 Å². The molecule has 0 heterocycles. The number of nitrogens with zero attached hydrogens (tertiary/aromatic N) is 1. The minimum Gasteiger partial charge on any atom is -0.478 e. The monoisotopic (exact) mass is 241 g/mol. The van der Waals surface area contributed by atoms with Gasteiger partial charge in [-0.3, -0.25) is 10.1 Å². The average molecular weight is 242 g/mol. The fourth-order valence-corrected chi connectivity index (χ4v) is 1.33. The predicted octanol–water partition coefficient (Wildman–Crippen LogP) is 2.55. The molecule has 0 saturated carbocycles. The molecule has 0 atom stereocenters. The second-order valence-electron chi connectivity index (χ2n) is 2.86. The van der Waals surface area contributed by atoms with Crippen LogP contribution in [-0.2, 0) is 0 Å². The minimum atomic E-state index is -1.21. The Bertz CT molecular complexity index is 424. The van der Waals surface area contributed by atoms with Gasteiger partial charge in [0.05, 0.1) is 16.1 Å². The fourth-order valence-electron chi connectivity index (χ4n) is 1.24. The van der Waals surface area contributed by atoms with Gasteiger partial charge in [0.1, 0.15) is 0 Å². The molecular weight excluding hydrogens is 234 g/mol. The molecule has 0 saturated heterocycles. The molecule has 0 aliphatic heterocycles. The molecule has 0 radical (unpaired) electrons. The van der Waals surface area contributed by atoms with Gasteiger partial charge in [-0.1, -0.05) is 18.2 Å². The number of carboxylic acid groups (broad SMARTS) is 1. The molecule has 6 heteroatoms. The molecule has 1 aromatic carbocycles. The Balaban J connectivity index is 3.40. The van der Waals surface area contributed by atoms with Crippen LogP contribution in [0.25, 0.3) is 6.08 Å². The highest BCUT2D eigenvalue weighted by Gasteiger charge is 2.18. The summed E-state index contributed by atoms with van der Waals surface area (Å²) in [5.74, 6) is -1.05. The maximum Gasteiger partial charge on any atom is 0.336 e. The molecule has 84 valence electrons. The van der Waals surface area contributed by atoms with Gasteiger partial charge in [0.2, 0.25) is 0 Å². The van der Waals surface area contributed by atoms with Crippen LogP contribution >= 0.6 is 11.6 Å². The molecule has 0 fully saturated rings. The van der Waals surface area contributed by atoms with Crippen molar-refractivity contribution in [2.45, 2.75) is 0 Å². The number of halogens is 1. The highest BCUT2D eigenvalue weighted by Crippen LogP contribution is 2.23. The van der Waals surface area contributed by atoms with E-state index in [-0.39, 0.29) is 22.7 Å². The van der Waals surface area contributed by atoms with Crippen molar-refractivity contribution in [1.29, 1.82) is 0 Å². The Hall–Kier alpha value is -1.88. The first-order valence-corrected chi connectivity index (χ1v) is 4.84. The van der Waals surface area contributed by atoms with Crippen molar-refractivity contribution >= 4 is 29.3 Å². The van der Waals surface area contributed by atoms with E-state index in [1.54, 1.807) is 0 Å². The highest BCUT2D eigenvalue weighted by atomic mass is 35.5. The van der Waals surface area contributed by atoms with Gasteiger partial charge in [-0.2, -0.15) is 0 Å². The third-order valence-corrected chi connectivity index (χ3v) is 2.06. The van der Waals surface area contributed by atoms with Crippen molar-refractivity contribution in [2.75, 3.05) is 5.88 Å². The van der Waals surface area contributed by atoms with E-state index >= 15 is 0 Å². The summed E-state index contributed by atoms with van der Waals surface area (Å²) in [7, 11) is 0. The van der Waals surface area contributed by atoms with Gasteiger partial charge in [-0.05, 0) is 6.07 Å². The molecule has 5 nitrogen and oxygen atoms in total. The van der Waals surface area contributed by atoms with Crippen molar-refractivity contribution in [3.05, 3.63) is 45.5 Å². The SMILES string of the molecule is O=C(O)c1cccc([N+](=O)[O-])c1C=CCCl. The quantitative estimate of drug-likeness (QED) is 0.499. The Kier molecular flexibility index (Phi) is 4.02. The molecule has 0 unspecified atom stereocenters. The van der Waals surface area contributed by atoms with Gasteiger partial charge < -0.3 is 5.11 Å². The molecule has 1 N–H and O–H groups in total. The Morgan fingerprint density at radius 3 is 2.75 bits per heavy atom. The van der Waals surface area contributed by atoms with Crippen molar-refractivity contribution in [3.63, 3.8) is 0 Å². The Morgan fingerprint density at radius 1 is 1.56 bits per heavy atom. The van der Waals surface area contributed by atoms with E-state index in [0.29, 0.717) is 0 Å². The summed E-state index contributed by atoms with van der Waals surface area (Å²) in [6.07, 6.45) is 2.80. The number of hydrogen-bond acceptors (Lipinski definition) is 3. The zero-order valence-electron chi connectivity index (χ0n) is 8.09. The fraction of sp³-hybridized carbons (Fsp3) is 0.100. The summed E-state index contributed by atoms with van der Waals surface area (Å²) in [4.78, 5) is 21.0. The second kappa shape index (κ2) is 5.27. The topological polar surface area (TPSA) is 80.4 Å². The molecule has 0 bridgehead atoms. The number of rotatable bonds is 4. The number of nitro groups is 1. The smallest absolute Gasteiger partial charge is 0.336 e. The Morgan fingerprint density at radius 2 is 2.25 bits per heavy atom. The van der Waals surface area contributed by atoms with E-state index in [4.69, 9.17) is 16.7 Å². The van der Waals surface area contributed by atoms with Gasteiger partial charge in [0, 0.05) is 11.9 Å². The van der Waals surface area contributed by atoms with E-state index in [0.717, 1.165) is 0 Å². The van der Waals surface area contributed by atoms with E-state index < -0.39 is 10.9 Å². The maximum atomic E-state index is 10.9. The van der Waals surface area contributed by atoms with Crippen LogP contribution in [0.3, 0.4) is 0 Å². The number of carboxylic acids is 1. The van der Waals surface area contributed by atoms with Crippen LogP contribution in [0, 0.1) is 10.1 Å². The molecular formula is C10H8ClNO4. The first kappa shape index (κ1) is 12.2. The van der Waals surface area contributed by atoms with Crippen LogP contribution in [0.4, 0.5) is 5.69 Å². The molecule has 0 aromatic heterocycles. The first-order chi connectivity index (χ1) is 7.57. The lowest BCUT2D eigenvalue weighted by Crippen LogP contribution is -2.02. The normalized spacial score (nSPS) is 10.6. The standard InChI is InChI=1S/C10H8ClNO4/c11-6-2-4-7-8(10(13)14)3-1-5-9(7)12(15)16/h1-5H,6H2,(H,13,14). The van der Waals surface area contributed by atoms with Crippen LogP contribution in [0.15, 0.2) is 24.3 Å². The van der Waals surface area contributed by atoms with Crippen molar-refractivity contribution in [2.24, 2.45) is 0 Å². The highest BCUT2D eigenvalue weighted by molar-refractivity contribution is 6.19. The number of alkyl halides is 1. The zero-order valence-corrected chi connectivity index (χ0v) is 8.85. The lowest BCUT2D eigenvalue weighted by Gasteiger charge is -2.01. The zero-order chi connectivity index (χ0) is 12.1. The number of nitro benzene ring substituents is 1. The molecule has 0 amide bonds. The Labute approximate surface area is 96.1 Å². The van der Waals surface area contributed by atoms with Crippen molar-refractivity contribution in [1.82, 2.24) is 0 Å². The van der Waals surface area contributed by atoms with Gasteiger partial charge in [0.25, 0.3) is 5.69 Å². The third kappa shape index (κ3) is 2.58. The molecule has 16 heavy (non-hydrogen) atoms. The second-order valence-corrected chi connectivity index (χ2v) is 3.17. The summed E-state index contributed by atoms with van der Waals surface area (Å²) in [6.45, 7) is 0. The number of hydrogen-bond donors (Lipinski definition) is 1. The maximum absolute atomic E-state index is 10.9. The van der Waals surface area contributed by atoms with E-state index in [1.807, 2.05) is 0 Å². The summed E-state index contributed by atoms with van der Waals surface area (Å²) in [5, 5.41) is 19.6. The summed E-state index contributed by atoms with van der Waals surface area (Å²) in [5.41, 5.74) is -0.308. The summed E-state index contributed by atoms with van der Waals surface area (Å²) < 4.78 is 0.